The fourth-order valence-electron chi connectivity index (χ4n) is 2.86. The van der Waals surface area contributed by atoms with Gasteiger partial charge >= 0.3 is 0 Å². The van der Waals surface area contributed by atoms with Gasteiger partial charge in [-0.2, -0.15) is 0 Å². The zero-order valence-electron chi connectivity index (χ0n) is 12.0. The topological polar surface area (TPSA) is 62.6 Å². The van der Waals surface area contributed by atoms with Gasteiger partial charge in [-0.3, -0.25) is 14.5 Å². The van der Waals surface area contributed by atoms with Crippen LogP contribution in [0.5, 0.6) is 0 Å². The second kappa shape index (κ2) is 5.69. The van der Waals surface area contributed by atoms with Crippen molar-refractivity contribution in [1.29, 1.82) is 0 Å². The van der Waals surface area contributed by atoms with Crippen LogP contribution < -0.4 is 5.32 Å². The van der Waals surface area contributed by atoms with Gasteiger partial charge in [0.25, 0.3) is 0 Å². The molecule has 1 aliphatic rings. The first kappa shape index (κ1) is 13.8. The Morgan fingerprint density at radius 1 is 1.38 bits per heavy atom. The molecular weight excluding hydrogens is 268 g/mol. The Morgan fingerprint density at radius 3 is 2.95 bits per heavy atom. The smallest absolute Gasteiger partial charge is 0.237 e. The van der Waals surface area contributed by atoms with Crippen molar-refractivity contribution in [2.24, 2.45) is 0 Å². The highest BCUT2D eigenvalue weighted by Gasteiger charge is 2.31. The molecular formula is C16H18N2O3. The maximum atomic E-state index is 12.4. The maximum absolute atomic E-state index is 12.4. The maximum Gasteiger partial charge on any atom is 0.237 e. The molecule has 1 aromatic carbocycles. The van der Waals surface area contributed by atoms with E-state index in [4.69, 9.17) is 4.42 Å². The second-order valence-corrected chi connectivity index (χ2v) is 5.31. The minimum atomic E-state index is -0.205. The predicted molar refractivity (Wildman–Crippen MR) is 79.2 cm³/mol. The van der Waals surface area contributed by atoms with E-state index < -0.39 is 0 Å². The highest BCUT2D eigenvalue weighted by atomic mass is 16.3. The minimum Gasteiger partial charge on any atom is -0.453 e. The molecule has 1 amide bonds. The molecule has 1 unspecified atom stereocenters. The van der Waals surface area contributed by atoms with Crippen molar-refractivity contribution in [3.8, 4) is 0 Å². The molecule has 1 aliphatic heterocycles. The van der Waals surface area contributed by atoms with Gasteiger partial charge in [0, 0.05) is 12.4 Å². The van der Waals surface area contributed by atoms with Crippen LogP contribution in [-0.4, -0.2) is 42.8 Å². The van der Waals surface area contributed by atoms with Crippen LogP contribution in [0.4, 0.5) is 0 Å². The highest BCUT2D eigenvalue weighted by molar-refractivity contribution is 5.99. The number of benzene rings is 1. The molecule has 110 valence electrons. The Kier molecular flexibility index (Phi) is 3.75. The molecule has 0 bridgehead atoms. The van der Waals surface area contributed by atoms with E-state index in [1.54, 1.807) is 13.1 Å². The molecule has 1 aromatic heterocycles. The summed E-state index contributed by atoms with van der Waals surface area (Å²) in [5.74, 6) is 0.255. The summed E-state index contributed by atoms with van der Waals surface area (Å²) in [6.07, 6.45) is 1.73. The number of hydrogen-bond donors (Lipinski definition) is 1. The lowest BCUT2D eigenvalue weighted by Gasteiger charge is -2.21. The van der Waals surface area contributed by atoms with Gasteiger partial charge in [-0.1, -0.05) is 18.2 Å². The van der Waals surface area contributed by atoms with Crippen LogP contribution in [0.1, 0.15) is 23.4 Å². The Labute approximate surface area is 122 Å². The molecule has 0 spiro atoms. The number of carbonyl (C=O) groups excluding carboxylic acids is 2. The first-order valence-electron chi connectivity index (χ1n) is 7.16. The lowest BCUT2D eigenvalue weighted by molar-refractivity contribution is -0.124. The molecule has 21 heavy (non-hydrogen) atoms. The Hall–Kier alpha value is -2.14. The van der Waals surface area contributed by atoms with Crippen LogP contribution in [0.15, 0.2) is 34.7 Å². The number of rotatable bonds is 4. The van der Waals surface area contributed by atoms with Crippen molar-refractivity contribution in [2.75, 3.05) is 20.1 Å². The van der Waals surface area contributed by atoms with E-state index in [1.807, 2.05) is 29.2 Å². The van der Waals surface area contributed by atoms with Gasteiger partial charge in [-0.05, 0) is 31.5 Å². The monoisotopic (exact) mass is 286 g/mol. The van der Waals surface area contributed by atoms with Gasteiger partial charge < -0.3 is 9.73 Å². The van der Waals surface area contributed by atoms with Gasteiger partial charge in [0.05, 0.1) is 12.6 Å². The normalized spacial score (nSPS) is 19.0. The lowest BCUT2D eigenvalue weighted by atomic mass is 10.2. The third-order valence-corrected chi connectivity index (χ3v) is 3.96. The molecule has 1 N–H and O–H groups in total. The average Bonchev–Trinajstić information content (AvgIpc) is 3.12. The summed E-state index contributed by atoms with van der Waals surface area (Å²) in [5, 5.41) is 3.58. The summed E-state index contributed by atoms with van der Waals surface area (Å²) in [6.45, 7) is 0.988. The Morgan fingerprint density at radius 2 is 2.19 bits per heavy atom. The SMILES string of the molecule is CNC(=O)C1CCCN1CC(=O)c1cc2ccccc2o1. The van der Waals surface area contributed by atoms with Crippen LogP contribution in [0, 0.1) is 0 Å². The van der Waals surface area contributed by atoms with Crippen molar-refractivity contribution in [3.05, 3.63) is 36.1 Å². The quantitative estimate of drug-likeness (QED) is 0.871. The van der Waals surface area contributed by atoms with E-state index in [9.17, 15) is 9.59 Å². The zero-order chi connectivity index (χ0) is 14.8. The fourth-order valence-corrected chi connectivity index (χ4v) is 2.86. The summed E-state index contributed by atoms with van der Waals surface area (Å²) < 4.78 is 5.59. The number of Topliss-reactive ketones (excluding diaryl/α,β-unsaturated/α-hetero) is 1. The number of para-hydroxylation sites is 1. The number of likely N-dealkylation sites (tertiary alicyclic amines) is 1. The van der Waals surface area contributed by atoms with Crippen LogP contribution in [0.25, 0.3) is 11.0 Å². The number of nitrogens with one attached hydrogen (secondary N) is 1. The summed E-state index contributed by atoms with van der Waals surface area (Å²) in [6, 6.07) is 9.11. The number of nitrogens with zero attached hydrogens (tertiary/aromatic N) is 1. The number of fused-ring (bicyclic) bond motifs is 1. The van der Waals surface area contributed by atoms with E-state index in [0.717, 1.165) is 24.8 Å². The van der Waals surface area contributed by atoms with Crippen LogP contribution in [-0.2, 0) is 4.79 Å². The number of carbonyl (C=O) groups is 2. The zero-order valence-corrected chi connectivity index (χ0v) is 12.0. The van der Waals surface area contributed by atoms with Crippen LogP contribution in [0.3, 0.4) is 0 Å². The minimum absolute atomic E-state index is 0.0232. The molecule has 0 radical (unpaired) electrons. The Balaban J connectivity index is 1.75. The summed E-state index contributed by atoms with van der Waals surface area (Å²) >= 11 is 0. The molecule has 3 rings (SSSR count). The number of furan rings is 1. The molecule has 2 heterocycles. The van der Waals surface area contributed by atoms with E-state index >= 15 is 0 Å². The third kappa shape index (κ3) is 2.69. The second-order valence-electron chi connectivity index (χ2n) is 5.31. The van der Waals surface area contributed by atoms with Crippen molar-refractivity contribution in [1.82, 2.24) is 10.2 Å². The molecule has 5 heteroatoms. The van der Waals surface area contributed by atoms with Gasteiger partial charge in [0.15, 0.2) is 5.76 Å². The van der Waals surface area contributed by atoms with Crippen LogP contribution in [0.2, 0.25) is 0 Å². The summed E-state index contributed by atoms with van der Waals surface area (Å²) in [7, 11) is 1.62. The number of amides is 1. The molecule has 1 atom stereocenters. The summed E-state index contributed by atoms with van der Waals surface area (Å²) in [5.41, 5.74) is 0.713. The standard InChI is InChI=1S/C16H18N2O3/c1-17-16(20)12-6-4-8-18(12)10-13(19)15-9-11-5-2-3-7-14(11)21-15/h2-3,5,7,9,12H,4,6,8,10H2,1H3,(H,17,20). The number of hydrogen-bond acceptors (Lipinski definition) is 4. The van der Waals surface area contributed by atoms with E-state index in [1.165, 1.54) is 0 Å². The van der Waals surface area contributed by atoms with Crippen LogP contribution >= 0.6 is 0 Å². The number of ketones is 1. The molecule has 2 aromatic rings. The molecule has 1 saturated heterocycles. The lowest BCUT2D eigenvalue weighted by Crippen LogP contribution is -2.43. The molecule has 1 fully saturated rings. The summed E-state index contributed by atoms with van der Waals surface area (Å²) in [4.78, 5) is 26.1. The van der Waals surface area contributed by atoms with Crippen molar-refractivity contribution < 1.29 is 14.0 Å². The van der Waals surface area contributed by atoms with Gasteiger partial charge in [0.2, 0.25) is 11.7 Å². The first-order valence-corrected chi connectivity index (χ1v) is 7.16. The van der Waals surface area contributed by atoms with Crippen molar-refractivity contribution in [3.63, 3.8) is 0 Å². The van der Waals surface area contributed by atoms with E-state index in [0.29, 0.717) is 11.3 Å². The van der Waals surface area contributed by atoms with Gasteiger partial charge in [0.1, 0.15) is 5.58 Å². The van der Waals surface area contributed by atoms with Gasteiger partial charge in [-0.25, -0.2) is 0 Å². The Bertz CT molecular complexity index is 644. The average molecular weight is 286 g/mol. The largest absolute Gasteiger partial charge is 0.453 e. The third-order valence-electron chi connectivity index (χ3n) is 3.96. The molecule has 0 saturated carbocycles. The van der Waals surface area contributed by atoms with Crippen molar-refractivity contribution in [2.45, 2.75) is 18.9 Å². The number of likely N-dealkylation sites (N-methyl/N-ethyl adjacent to an activating group) is 1. The van der Waals surface area contributed by atoms with E-state index in [-0.39, 0.29) is 24.3 Å². The van der Waals surface area contributed by atoms with E-state index in [2.05, 4.69) is 5.32 Å². The fraction of sp³-hybridized carbons (Fsp3) is 0.375. The molecule has 5 nitrogen and oxygen atoms in total. The van der Waals surface area contributed by atoms with Crippen molar-refractivity contribution >= 4 is 22.7 Å². The first-order chi connectivity index (χ1) is 10.2. The molecule has 0 aliphatic carbocycles. The highest BCUT2D eigenvalue weighted by Crippen LogP contribution is 2.21. The van der Waals surface area contributed by atoms with Gasteiger partial charge in [-0.15, -0.1) is 0 Å². The predicted octanol–water partition coefficient (Wildman–Crippen LogP) is 1.83.